The van der Waals surface area contributed by atoms with Crippen molar-refractivity contribution in [3.8, 4) is 5.75 Å². The van der Waals surface area contributed by atoms with Crippen LogP contribution >= 0.6 is 0 Å². The number of carbonyl (C=O) groups excluding carboxylic acids is 1. The monoisotopic (exact) mass is 400 g/mol. The molecule has 150 valence electrons. The SMILES string of the molecule is COc1ccc2cc([C@H](C)C(=O)N/N=C/c3ccc(C(F)(F)F)cc3)ccc2c1. The predicted molar refractivity (Wildman–Crippen MR) is 106 cm³/mol. The topological polar surface area (TPSA) is 50.7 Å². The van der Waals surface area contributed by atoms with Gasteiger partial charge in [0.2, 0.25) is 5.91 Å². The first-order chi connectivity index (χ1) is 13.8. The molecule has 0 saturated heterocycles. The highest BCUT2D eigenvalue weighted by Crippen LogP contribution is 2.29. The molecule has 0 unspecified atom stereocenters. The number of hydrogen-bond acceptors (Lipinski definition) is 3. The number of nitrogens with one attached hydrogen (secondary N) is 1. The summed E-state index contributed by atoms with van der Waals surface area (Å²) in [6.45, 7) is 1.76. The molecule has 0 aromatic heterocycles. The lowest BCUT2D eigenvalue weighted by Crippen LogP contribution is -2.23. The van der Waals surface area contributed by atoms with E-state index in [1.807, 2.05) is 36.4 Å². The Morgan fingerprint density at radius 3 is 2.34 bits per heavy atom. The van der Waals surface area contributed by atoms with Gasteiger partial charge in [-0.15, -0.1) is 0 Å². The Morgan fingerprint density at radius 2 is 1.69 bits per heavy atom. The third-order valence-electron chi connectivity index (χ3n) is 4.59. The zero-order chi connectivity index (χ0) is 21.0. The summed E-state index contributed by atoms with van der Waals surface area (Å²) in [6, 6.07) is 15.9. The second kappa shape index (κ2) is 8.34. The number of amides is 1. The van der Waals surface area contributed by atoms with Gasteiger partial charge in [0.15, 0.2) is 0 Å². The Morgan fingerprint density at radius 1 is 1.03 bits per heavy atom. The first-order valence-electron chi connectivity index (χ1n) is 8.86. The molecule has 7 heteroatoms. The van der Waals surface area contributed by atoms with Crippen molar-refractivity contribution in [2.75, 3.05) is 7.11 Å². The normalized spacial score (nSPS) is 12.9. The van der Waals surface area contributed by atoms with Crippen molar-refractivity contribution < 1.29 is 22.7 Å². The fourth-order valence-corrected chi connectivity index (χ4v) is 2.82. The lowest BCUT2D eigenvalue weighted by Gasteiger charge is -2.11. The van der Waals surface area contributed by atoms with Crippen LogP contribution in [0.4, 0.5) is 13.2 Å². The van der Waals surface area contributed by atoms with Crippen molar-refractivity contribution in [2.45, 2.75) is 19.0 Å². The van der Waals surface area contributed by atoms with Gasteiger partial charge in [-0.25, -0.2) is 5.43 Å². The molecule has 1 amide bonds. The Kier molecular flexibility index (Phi) is 5.87. The summed E-state index contributed by atoms with van der Waals surface area (Å²) < 4.78 is 42.9. The molecule has 0 fully saturated rings. The van der Waals surface area contributed by atoms with Gasteiger partial charge >= 0.3 is 6.18 Å². The summed E-state index contributed by atoms with van der Waals surface area (Å²) in [5.41, 5.74) is 2.97. The maximum absolute atomic E-state index is 12.6. The molecule has 0 aliphatic heterocycles. The minimum absolute atomic E-state index is 0.318. The van der Waals surface area contributed by atoms with Crippen molar-refractivity contribution in [1.29, 1.82) is 0 Å². The number of benzene rings is 3. The van der Waals surface area contributed by atoms with Crippen LogP contribution in [0.15, 0.2) is 65.8 Å². The lowest BCUT2D eigenvalue weighted by molar-refractivity contribution is -0.137. The molecule has 3 aromatic carbocycles. The van der Waals surface area contributed by atoms with Crippen LogP contribution in [-0.4, -0.2) is 19.2 Å². The first kappa shape index (κ1) is 20.4. The summed E-state index contributed by atoms with van der Waals surface area (Å²) in [6.07, 6.45) is -3.08. The van der Waals surface area contributed by atoms with Crippen LogP contribution in [0.2, 0.25) is 0 Å². The number of nitrogens with zero attached hydrogens (tertiary/aromatic N) is 1. The zero-order valence-electron chi connectivity index (χ0n) is 15.8. The second-order valence-corrected chi connectivity index (χ2v) is 6.55. The number of alkyl halides is 3. The fourth-order valence-electron chi connectivity index (χ4n) is 2.82. The van der Waals surface area contributed by atoms with E-state index >= 15 is 0 Å². The van der Waals surface area contributed by atoms with E-state index in [-0.39, 0.29) is 5.91 Å². The van der Waals surface area contributed by atoms with Crippen LogP contribution in [-0.2, 0) is 11.0 Å². The largest absolute Gasteiger partial charge is 0.497 e. The van der Waals surface area contributed by atoms with Crippen LogP contribution in [0.3, 0.4) is 0 Å². The molecular weight excluding hydrogens is 381 g/mol. The number of methoxy groups -OCH3 is 1. The van der Waals surface area contributed by atoms with E-state index in [0.29, 0.717) is 5.56 Å². The van der Waals surface area contributed by atoms with Crippen LogP contribution in [0.5, 0.6) is 5.75 Å². The molecule has 0 aliphatic carbocycles. The zero-order valence-corrected chi connectivity index (χ0v) is 15.8. The number of ether oxygens (including phenoxy) is 1. The molecule has 4 nitrogen and oxygen atoms in total. The van der Waals surface area contributed by atoms with Gasteiger partial charge < -0.3 is 4.74 Å². The molecule has 3 rings (SSSR count). The maximum atomic E-state index is 12.6. The number of halogens is 3. The molecule has 29 heavy (non-hydrogen) atoms. The highest BCUT2D eigenvalue weighted by Gasteiger charge is 2.29. The molecule has 0 heterocycles. The van der Waals surface area contributed by atoms with E-state index in [1.165, 1.54) is 18.3 Å². The summed E-state index contributed by atoms with van der Waals surface area (Å²) >= 11 is 0. The van der Waals surface area contributed by atoms with E-state index in [2.05, 4.69) is 10.5 Å². The van der Waals surface area contributed by atoms with Crippen LogP contribution < -0.4 is 10.2 Å². The van der Waals surface area contributed by atoms with Crippen LogP contribution in [0.1, 0.15) is 29.5 Å². The molecule has 0 aliphatic rings. The van der Waals surface area contributed by atoms with E-state index in [1.54, 1.807) is 14.0 Å². The van der Waals surface area contributed by atoms with Gasteiger partial charge in [-0.05, 0) is 53.1 Å². The van der Waals surface area contributed by atoms with Gasteiger partial charge in [-0.1, -0.05) is 36.4 Å². The quantitative estimate of drug-likeness (QED) is 0.477. The Balaban J connectivity index is 1.65. The van der Waals surface area contributed by atoms with Gasteiger partial charge in [0.1, 0.15) is 5.75 Å². The predicted octanol–water partition coefficient (Wildman–Crippen LogP) is 5.12. The fraction of sp³-hybridized carbons (Fsp3) is 0.182. The number of hydrazone groups is 1. The molecule has 0 radical (unpaired) electrons. The molecular formula is C22H19F3N2O2. The van der Waals surface area contributed by atoms with E-state index in [4.69, 9.17) is 4.74 Å². The molecule has 3 aromatic rings. The number of fused-ring (bicyclic) bond motifs is 1. The summed E-state index contributed by atoms with van der Waals surface area (Å²) in [5, 5.41) is 5.83. The van der Waals surface area contributed by atoms with Crippen molar-refractivity contribution >= 4 is 22.9 Å². The van der Waals surface area contributed by atoms with Crippen molar-refractivity contribution in [3.05, 3.63) is 77.4 Å². The van der Waals surface area contributed by atoms with Crippen LogP contribution in [0, 0.1) is 0 Å². The van der Waals surface area contributed by atoms with Crippen molar-refractivity contribution in [1.82, 2.24) is 5.43 Å². The highest BCUT2D eigenvalue weighted by atomic mass is 19.4. The van der Waals surface area contributed by atoms with E-state index in [0.717, 1.165) is 34.2 Å². The summed E-state index contributed by atoms with van der Waals surface area (Å²) in [7, 11) is 1.60. The molecule has 1 N–H and O–H groups in total. The Bertz CT molecular complexity index is 1040. The van der Waals surface area contributed by atoms with Crippen LogP contribution in [0.25, 0.3) is 10.8 Å². The standard InChI is InChI=1S/C22H19F3N2O2/c1-14(16-5-6-18-12-20(29-2)10-7-17(18)11-16)21(28)27-26-13-15-3-8-19(9-4-15)22(23,24)25/h3-14H,1-2H3,(H,27,28)/b26-13+/t14-/m0/s1. The third kappa shape index (κ3) is 4.93. The van der Waals surface area contributed by atoms with Crippen molar-refractivity contribution in [2.24, 2.45) is 5.10 Å². The lowest BCUT2D eigenvalue weighted by atomic mass is 9.97. The average molecular weight is 400 g/mol. The minimum Gasteiger partial charge on any atom is -0.497 e. The molecule has 0 saturated carbocycles. The number of rotatable bonds is 5. The second-order valence-electron chi connectivity index (χ2n) is 6.55. The number of carbonyl (C=O) groups is 1. The van der Waals surface area contributed by atoms with Gasteiger partial charge in [0, 0.05) is 0 Å². The summed E-state index contributed by atoms with van der Waals surface area (Å²) in [5.74, 6) is -0.0130. The Labute approximate surface area is 166 Å². The molecule has 0 bridgehead atoms. The van der Waals surface area contributed by atoms with Gasteiger partial charge in [0.05, 0.1) is 24.8 Å². The number of hydrogen-bond donors (Lipinski definition) is 1. The van der Waals surface area contributed by atoms with Gasteiger partial charge in [0.25, 0.3) is 0 Å². The van der Waals surface area contributed by atoms with Crippen molar-refractivity contribution in [3.63, 3.8) is 0 Å². The average Bonchev–Trinajstić information content (AvgIpc) is 2.72. The third-order valence-corrected chi connectivity index (χ3v) is 4.59. The van der Waals surface area contributed by atoms with E-state index < -0.39 is 17.7 Å². The minimum atomic E-state index is -4.38. The molecule has 1 atom stereocenters. The molecule has 0 spiro atoms. The smallest absolute Gasteiger partial charge is 0.416 e. The van der Waals surface area contributed by atoms with E-state index in [9.17, 15) is 18.0 Å². The van der Waals surface area contributed by atoms with Gasteiger partial charge in [-0.3, -0.25) is 4.79 Å². The highest BCUT2D eigenvalue weighted by molar-refractivity contribution is 5.89. The Hall–Kier alpha value is -3.35. The first-order valence-corrected chi connectivity index (χ1v) is 8.86. The maximum Gasteiger partial charge on any atom is 0.416 e. The van der Waals surface area contributed by atoms with Gasteiger partial charge in [-0.2, -0.15) is 18.3 Å². The summed E-state index contributed by atoms with van der Waals surface area (Å²) in [4.78, 5) is 12.4.